The van der Waals surface area contributed by atoms with E-state index in [0.29, 0.717) is 51.3 Å². The van der Waals surface area contributed by atoms with Crippen LogP contribution >= 0.6 is 11.3 Å². The first kappa shape index (κ1) is 24.1. The van der Waals surface area contributed by atoms with Crippen LogP contribution in [-0.4, -0.2) is 61.2 Å². The third-order valence-electron chi connectivity index (χ3n) is 7.20. The largest absolute Gasteiger partial charge is 0.345 e. The molecule has 37 heavy (non-hydrogen) atoms. The van der Waals surface area contributed by atoms with Gasteiger partial charge in [0.1, 0.15) is 0 Å². The number of rotatable bonds is 4. The molecule has 9 heteroatoms. The molecule has 3 aromatic carbocycles. The average molecular weight is 533 g/mol. The van der Waals surface area contributed by atoms with Gasteiger partial charge in [0.05, 0.1) is 15.1 Å². The second-order valence-corrected chi connectivity index (χ2v) is 12.6. The lowest BCUT2D eigenvalue weighted by Gasteiger charge is -2.34. The molecule has 1 aromatic heterocycles. The summed E-state index contributed by atoms with van der Waals surface area (Å²) in [5, 5.41) is 0.989. The van der Waals surface area contributed by atoms with Gasteiger partial charge in [-0.25, -0.2) is 13.4 Å². The Hall–Kier alpha value is -3.27. The number of anilines is 1. The van der Waals surface area contributed by atoms with Gasteiger partial charge in [-0.15, -0.1) is 0 Å². The number of piperazine rings is 1. The molecule has 0 atom stereocenters. The smallest absolute Gasteiger partial charge is 0.253 e. The van der Waals surface area contributed by atoms with Crippen molar-refractivity contribution in [1.29, 1.82) is 0 Å². The van der Waals surface area contributed by atoms with Crippen LogP contribution in [0, 0.1) is 6.92 Å². The molecule has 0 unspecified atom stereocenters. The van der Waals surface area contributed by atoms with Gasteiger partial charge in [0.25, 0.3) is 5.91 Å². The monoisotopic (exact) mass is 532 g/mol. The molecule has 4 aromatic rings. The van der Waals surface area contributed by atoms with Gasteiger partial charge in [0, 0.05) is 44.8 Å². The molecule has 3 heterocycles. The molecule has 0 aliphatic carbocycles. The maximum atomic E-state index is 13.3. The Morgan fingerprint density at radius 2 is 1.62 bits per heavy atom. The molecule has 1 fully saturated rings. The molecule has 2 aliphatic heterocycles. The standard InChI is InChI=1S/C28H28N4O3S2/c1-20-6-11-25-26(18-20)36-28(29-25)31-16-14-30(15-17-31)27(33)22-7-9-24(10-8-22)37(34,35)32-13-12-21-4-2-3-5-23(21)19-32/h2-11,18H,12-17,19H2,1H3. The van der Waals surface area contributed by atoms with Gasteiger partial charge in [-0.2, -0.15) is 4.31 Å². The zero-order chi connectivity index (χ0) is 25.6. The molecule has 0 radical (unpaired) electrons. The van der Waals surface area contributed by atoms with Crippen molar-refractivity contribution in [1.82, 2.24) is 14.2 Å². The molecule has 0 bridgehead atoms. The van der Waals surface area contributed by atoms with E-state index in [1.807, 2.05) is 23.1 Å². The van der Waals surface area contributed by atoms with E-state index in [1.54, 1.807) is 35.6 Å². The molecule has 1 saturated heterocycles. The van der Waals surface area contributed by atoms with E-state index in [9.17, 15) is 13.2 Å². The number of hydrogen-bond donors (Lipinski definition) is 0. The van der Waals surface area contributed by atoms with Crippen molar-refractivity contribution in [2.45, 2.75) is 24.8 Å². The second kappa shape index (κ2) is 9.55. The van der Waals surface area contributed by atoms with Crippen molar-refractivity contribution < 1.29 is 13.2 Å². The highest BCUT2D eigenvalue weighted by molar-refractivity contribution is 7.89. The number of amides is 1. The summed E-state index contributed by atoms with van der Waals surface area (Å²) < 4.78 is 29.2. The third-order valence-corrected chi connectivity index (χ3v) is 10.1. The number of hydrogen-bond acceptors (Lipinski definition) is 6. The van der Waals surface area contributed by atoms with E-state index in [2.05, 4.69) is 36.1 Å². The molecule has 190 valence electrons. The zero-order valence-corrected chi connectivity index (χ0v) is 22.3. The number of thiazole rings is 1. The van der Waals surface area contributed by atoms with Gasteiger partial charge in [-0.1, -0.05) is 41.7 Å². The fourth-order valence-corrected chi connectivity index (χ4v) is 7.57. The lowest BCUT2D eigenvalue weighted by molar-refractivity contribution is 0.0746. The van der Waals surface area contributed by atoms with Gasteiger partial charge < -0.3 is 9.80 Å². The van der Waals surface area contributed by atoms with Gasteiger partial charge in [-0.05, 0) is 66.4 Å². The van der Waals surface area contributed by atoms with Gasteiger partial charge >= 0.3 is 0 Å². The summed E-state index contributed by atoms with van der Waals surface area (Å²) in [7, 11) is -3.63. The molecular formula is C28H28N4O3S2. The molecule has 0 N–H and O–H groups in total. The Morgan fingerprint density at radius 3 is 2.38 bits per heavy atom. The number of benzene rings is 3. The first-order chi connectivity index (χ1) is 17.9. The summed E-state index contributed by atoms with van der Waals surface area (Å²) in [5.41, 5.74) is 4.98. The quantitative estimate of drug-likeness (QED) is 0.392. The van der Waals surface area contributed by atoms with Gasteiger partial charge in [0.2, 0.25) is 10.0 Å². The van der Waals surface area contributed by atoms with Crippen molar-refractivity contribution in [2.24, 2.45) is 0 Å². The minimum atomic E-state index is -3.63. The van der Waals surface area contributed by atoms with Crippen molar-refractivity contribution >= 4 is 42.6 Å². The number of aromatic nitrogens is 1. The van der Waals surface area contributed by atoms with E-state index in [-0.39, 0.29) is 10.8 Å². The Labute approximate surface area is 221 Å². The number of aryl methyl sites for hydroxylation is 1. The van der Waals surface area contributed by atoms with Crippen LogP contribution < -0.4 is 4.90 Å². The maximum Gasteiger partial charge on any atom is 0.253 e. The normalized spacial score (nSPS) is 16.7. The average Bonchev–Trinajstić information content (AvgIpc) is 3.36. The van der Waals surface area contributed by atoms with E-state index < -0.39 is 10.0 Å². The number of nitrogens with zero attached hydrogens (tertiary/aromatic N) is 4. The minimum absolute atomic E-state index is 0.0737. The Bertz CT molecular complexity index is 1570. The summed E-state index contributed by atoms with van der Waals surface area (Å²) in [6.45, 7) is 5.54. The van der Waals surface area contributed by atoms with E-state index >= 15 is 0 Å². The summed E-state index contributed by atoms with van der Waals surface area (Å²) in [6, 6.07) is 20.6. The SMILES string of the molecule is Cc1ccc2nc(N3CCN(C(=O)c4ccc(S(=O)(=O)N5CCc6ccccc6C5)cc4)CC3)sc2c1. The number of sulfonamides is 1. The van der Waals surface area contributed by atoms with Crippen LogP contribution in [0.2, 0.25) is 0 Å². The highest BCUT2D eigenvalue weighted by Gasteiger charge is 2.29. The summed E-state index contributed by atoms with van der Waals surface area (Å²) >= 11 is 1.69. The number of carbonyl (C=O) groups is 1. The van der Waals surface area contributed by atoms with E-state index in [0.717, 1.165) is 16.2 Å². The van der Waals surface area contributed by atoms with Crippen LogP contribution in [0.5, 0.6) is 0 Å². The number of fused-ring (bicyclic) bond motifs is 2. The van der Waals surface area contributed by atoms with Gasteiger partial charge in [0.15, 0.2) is 5.13 Å². The topological polar surface area (TPSA) is 73.8 Å². The van der Waals surface area contributed by atoms with Crippen molar-refractivity contribution in [2.75, 3.05) is 37.6 Å². The Balaban J connectivity index is 1.11. The molecule has 0 spiro atoms. The van der Waals surface area contributed by atoms with Crippen molar-refractivity contribution in [3.05, 3.63) is 89.0 Å². The van der Waals surface area contributed by atoms with E-state index in [1.165, 1.54) is 20.1 Å². The van der Waals surface area contributed by atoms with Crippen molar-refractivity contribution in [3.8, 4) is 0 Å². The van der Waals surface area contributed by atoms with Crippen LogP contribution in [0.3, 0.4) is 0 Å². The Kier molecular flexibility index (Phi) is 6.22. The third kappa shape index (κ3) is 4.63. The predicted molar refractivity (Wildman–Crippen MR) is 147 cm³/mol. The minimum Gasteiger partial charge on any atom is -0.345 e. The lowest BCUT2D eigenvalue weighted by Crippen LogP contribution is -2.48. The fraction of sp³-hybridized carbons (Fsp3) is 0.286. The summed E-state index contributed by atoms with van der Waals surface area (Å²) in [6.07, 6.45) is 0.703. The molecule has 0 saturated carbocycles. The highest BCUT2D eigenvalue weighted by Crippen LogP contribution is 2.30. The van der Waals surface area contributed by atoms with E-state index in [4.69, 9.17) is 4.98 Å². The zero-order valence-electron chi connectivity index (χ0n) is 20.6. The second-order valence-electron chi connectivity index (χ2n) is 9.63. The molecule has 7 nitrogen and oxygen atoms in total. The lowest BCUT2D eigenvalue weighted by atomic mass is 10.0. The summed E-state index contributed by atoms with van der Waals surface area (Å²) in [4.78, 5) is 22.2. The van der Waals surface area contributed by atoms with Crippen molar-refractivity contribution in [3.63, 3.8) is 0 Å². The first-order valence-corrected chi connectivity index (χ1v) is 14.7. The van der Waals surface area contributed by atoms with Crippen LogP contribution in [0.1, 0.15) is 27.0 Å². The highest BCUT2D eigenvalue weighted by atomic mass is 32.2. The molecule has 2 aliphatic rings. The molecule has 6 rings (SSSR count). The first-order valence-electron chi connectivity index (χ1n) is 12.5. The summed E-state index contributed by atoms with van der Waals surface area (Å²) in [5.74, 6) is -0.0737. The molecule has 1 amide bonds. The van der Waals surface area contributed by atoms with Gasteiger partial charge in [-0.3, -0.25) is 4.79 Å². The fourth-order valence-electron chi connectivity index (χ4n) is 5.03. The Morgan fingerprint density at radius 1 is 0.892 bits per heavy atom. The van der Waals surface area contributed by atoms with Crippen LogP contribution in [-0.2, 0) is 23.0 Å². The van der Waals surface area contributed by atoms with Crippen LogP contribution in [0.15, 0.2) is 71.6 Å². The number of carbonyl (C=O) groups excluding carboxylic acids is 1. The molecular weight excluding hydrogens is 504 g/mol. The van der Waals surface area contributed by atoms with Crippen LogP contribution in [0.4, 0.5) is 5.13 Å². The predicted octanol–water partition coefficient (Wildman–Crippen LogP) is 4.31. The maximum absolute atomic E-state index is 13.3. The van der Waals surface area contributed by atoms with Crippen LogP contribution in [0.25, 0.3) is 10.2 Å².